The van der Waals surface area contributed by atoms with Gasteiger partial charge < -0.3 is 19.9 Å². The van der Waals surface area contributed by atoms with E-state index >= 15 is 0 Å². The molecule has 19 heavy (non-hydrogen) atoms. The van der Waals surface area contributed by atoms with E-state index < -0.39 is 5.97 Å². The van der Waals surface area contributed by atoms with E-state index in [1.807, 2.05) is 12.1 Å². The molecule has 1 rings (SSSR count). The van der Waals surface area contributed by atoms with Gasteiger partial charge in [0, 0.05) is 6.54 Å². The summed E-state index contributed by atoms with van der Waals surface area (Å²) in [5.74, 6) is -0.417. The van der Waals surface area contributed by atoms with E-state index in [-0.39, 0.29) is 25.5 Å². The number of ether oxygens (including phenoxy) is 2. The number of carbonyl (C=O) groups excluding carboxylic acids is 1. The first-order chi connectivity index (χ1) is 9.11. The molecule has 0 aliphatic heterocycles. The molecule has 0 aromatic heterocycles. The van der Waals surface area contributed by atoms with Gasteiger partial charge in [-0.2, -0.15) is 0 Å². The summed E-state index contributed by atoms with van der Waals surface area (Å²) in [6.45, 7) is 0.122. The molecule has 0 saturated heterocycles. The Hall–Kier alpha value is -2.08. The normalized spacial score (nSPS) is 9.95. The number of carbonyl (C=O) groups is 2. The molecule has 0 aliphatic rings. The molecule has 0 aliphatic carbocycles. The van der Waals surface area contributed by atoms with E-state index in [1.54, 1.807) is 19.2 Å². The highest BCUT2D eigenvalue weighted by Crippen LogP contribution is 2.11. The van der Waals surface area contributed by atoms with Crippen LogP contribution < -0.4 is 10.1 Å². The third kappa shape index (κ3) is 6.42. The number of benzene rings is 1. The summed E-state index contributed by atoms with van der Waals surface area (Å²) >= 11 is 0. The molecular formula is C13H17NO5. The molecule has 2 N–H and O–H groups in total. The first kappa shape index (κ1) is 15.0. The van der Waals surface area contributed by atoms with Gasteiger partial charge in [-0.3, -0.25) is 4.79 Å². The Morgan fingerprint density at radius 2 is 1.95 bits per heavy atom. The zero-order valence-electron chi connectivity index (χ0n) is 10.7. The van der Waals surface area contributed by atoms with Gasteiger partial charge in [-0.25, -0.2) is 4.79 Å². The van der Waals surface area contributed by atoms with Crippen molar-refractivity contribution < 1.29 is 24.2 Å². The summed E-state index contributed by atoms with van der Waals surface area (Å²) < 4.78 is 9.82. The molecule has 6 heteroatoms. The minimum atomic E-state index is -1.02. The fraction of sp³-hybridized carbons (Fsp3) is 0.385. The lowest BCUT2D eigenvalue weighted by atomic mass is 10.1. The maximum Gasteiger partial charge on any atom is 0.329 e. The standard InChI is InChI=1S/C13H17NO5/c1-18-11-4-2-10(3-5-11)8-12(15)14-6-7-19-9-13(16)17/h2-5H,6-9H2,1H3,(H,14,15)(H,16,17). The second kappa shape index (κ2) is 8.10. The number of rotatable bonds is 8. The maximum absolute atomic E-state index is 11.5. The van der Waals surface area contributed by atoms with E-state index in [4.69, 9.17) is 14.6 Å². The highest BCUT2D eigenvalue weighted by molar-refractivity contribution is 5.78. The average Bonchev–Trinajstić information content (AvgIpc) is 2.39. The SMILES string of the molecule is COc1ccc(CC(=O)NCCOCC(=O)O)cc1. The molecule has 0 spiro atoms. The smallest absolute Gasteiger partial charge is 0.329 e. The Morgan fingerprint density at radius 3 is 2.53 bits per heavy atom. The van der Waals surface area contributed by atoms with Gasteiger partial charge in [-0.1, -0.05) is 12.1 Å². The number of hydrogen-bond acceptors (Lipinski definition) is 4. The molecule has 0 bridgehead atoms. The molecule has 0 heterocycles. The minimum absolute atomic E-state index is 0.135. The summed E-state index contributed by atoms with van der Waals surface area (Å²) in [6, 6.07) is 7.22. The molecular weight excluding hydrogens is 250 g/mol. The van der Waals surface area contributed by atoms with Crippen molar-refractivity contribution in [1.82, 2.24) is 5.32 Å². The molecule has 1 aromatic rings. The molecule has 6 nitrogen and oxygen atoms in total. The summed E-state index contributed by atoms with van der Waals surface area (Å²) in [4.78, 5) is 21.7. The van der Waals surface area contributed by atoms with Crippen LogP contribution >= 0.6 is 0 Å². The van der Waals surface area contributed by atoms with Gasteiger partial charge in [0.1, 0.15) is 12.4 Å². The number of nitrogens with one attached hydrogen (secondary N) is 1. The number of carboxylic acids is 1. The average molecular weight is 267 g/mol. The largest absolute Gasteiger partial charge is 0.497 e. The third-order valence-corrected chi connectivity index (χ3v) is 2.32. The fourth-order valence-electron chi connectivity index (χ4n) is 1.41. The number of hydrogen-bond donors (Lipinski definition) is 2. The lowest BCUT2D eigenvalue weighted by molar-refractivity contribution is -0.142. The van der Waals surface area contributed by atoms with E-state index in [2.05, 4.69) is 5.32 Å². The van der Waals surface area contributed by atoms with Crippen molar-refractivity contribution in [2.45, 2.75) is 6.42 Å². The molecule has 1 amide bonds. The van der Waals surface area contributed by atoms with E-state index in [9.17, 15) is 9.59 Å². The summed E-state index contributed by atoms with van der Waals surface area (Å²) in [7, 11) is 1.58. The monoisotopic (exact) mass is 267 g/mol. The lowest BCUT2D eigenvalue weighted by Crippen LogP contribution is -2.29. The van der Waals surface area contributed by atoms with Crippen molar-refractivity contribution in [3.63, 3.8) is 0 Å². The van der Waals surface area contributed by atoms with Crippen molar-refractivity contribution in [3.8, 4) is 5.75 Å². The van der Waals surface area contributed by atoms with Crippen LogP contribution in [0.3, 0.4) is 0 Å². The number of amides is 1. The Kier molecular flexibility index (Phi) is 6.38. The number of methoxy groups -OCH3 is 1. The summed E-state index contributed by atoms with van der Waals surface area (Å²) in [5.41, 5.74) is 0.879. The van der Waals surface area contributed by atoms with Crippen LogP contribution in [0.5, 0.6) is 5.75 Å². The predicted molar refractivity (Wildman–Crippen MR) is 68.2 cm³/mol. The van der Waals surface area contributed by atoms with Crippen LogP contribution in [0, 0.1) is 0 Å². The van der Waals surface area contributed by atoms with Crippen LogP contribution in [0.25, 0.3) is 0 Å². The third-order valence-electron chi connectivity index (χ3n) is 2.32. The van der Waals surface area contributed by atoms with Crippen LogP contribution in [-0.4, -0.2) is 43.9 Å². The second-order valence-corrected chi connectivity index (χ2v) is 3.82. The fourth-order valence-corrected chi connectivity index (χ4v) is 1.41. The highest BCUT2D eigenvalue weighted by Gasteiger charge is 2.03. The van der Waals surface area contributed by atoms with Gasteiger partial charge in [-0.15, -0.1) is 0 Å². The van der Waals surface area contributed by atoms with Crippen LogP contribution in [0.15, 0.2) is 24.3 Å². The minimum Gasteiger partial charge on any atom is -0.497 e. The second-order valence-electron chi connectivity index (χ2n) is 3.82. The molecule has 104 valence electrons. The van der Waals surface area contributed by atoms with Crippen LogP contribution in [0.1, 0.15) is 5.56 Å². The van der Waals surface area contributed by atoms with Crippen molar-refractivity contribution in [2.75, 3.05) is 26.9 Å². The van der Waals surface area contributed by atoms with Gasteiger partial charge in [0.2, 0.25) is 5.91 Å². The maximum atomic E-state index is 11.5. The first-order valence-electron chi connectivity index (χ1n) is 5.81. The van der Waals surface area contributed by atoms with Gasteiger partial charge in [0.15, 0.2) is 0 Å². The van der Waals surface area contributed by atoms with Crippen molar-refractivity contribution >= 4 is 11.9 Å². The zero-order chi connectivity index (χ0) is 14.1. The van der Waals surface area contributed by atoms with E-state index in [1.165, 1.54) is 0 Å². The molecule has 1 aromatic carbocycles. The van der Waals surface area contributed by atoms with Crippen molar-refractivity contribution in [2.24, 2.45) is 0 Å². The summed E-state index contributed by atoms with van der Waals surface area (Å²) in [5, 5.41) is 11.0. The van der Waals surface area contributed by atoms with E-state index in [0.717, 1.165) is 11.3 Å². The van der Waals surface area contributed by atoms with Crippen molar-refractivity contribution in [3.05, 3.63) is 29.8 Å². The first-order valence-corrected chi connectivity index (χ1v) is 5.81. The molecule has 0 saturated carbocycles. The number of carboxylic acid groups (broad SMARTS) is 1. The van der Waals surface area contributed by atoms with Crippen LogP contribution in [-0.2, 0) is 20.7 Å². The van der Waals surface area contributed by atoms with Gasteiger partial charge in [-0.05, 0) is 17.7 Å². The van der Waals surface area contributed by atoms with Crippen molar-refractivity contribution in [1.29, 1.82) is 0 Å². The quantitative estimate of drug-likeness (QED) is 0.668. The Balaban J connectivity index is 2.21. The number of aliphatic carboxylic acids is 1. The molecule has 0 radical (unpaired) electrons. The molecule has 0 unspecified atom stereocenters. The Morgan fingerprint density at radius 1 is 1.26 bits per heavy atom. The van der Waals surface area contributed by atoms with Crippen LogP contribution in [0.2, 0.25) is 0 Å². The lowest BCUT2D eigenvalue weighted by Gasteiger charge is -2.06. The predicted octanol–water partition coefficient (Wildman–Crippen LogP) is 0.455. The van der Waals surface area contributed by atoms with Gasteiger partial charge in [0.25, 0.3) is 0 Å². The molecule has 0 fully saturated rings. The zero-order valence-corrected chi connectivity index (χ0v) is 10.7. The Labute approximate surface area is 111 Å². The highest BCUT2D eigenvalue weighted by atomic mass is 16.5. The van der Waals surface area contributed by atoms with E-state index in [0.29, 0.717) is 6.54 Å². The topological polar surface area (TPSA) is 84.9 Å². The van der Waals surface area contributed by atoms with Gasteiger partial charge >= 0.3 is 5.97 Å². The Bertz CT molecular complexity index is 416. The van der Waals surface area contributed by atoms with Crippen LogP contribution in [0.4, 0.5) is 0 Å². The molecule has 0 atom stereocenters. The van der Waals surface area contributed by atoms with Gasteiger partial charge in [0.05, 0.1) is 20.1 Å². The summed E-state index contributed by atoms with van der Waals surface area (Å²) in [6.07, 6.45) is 0.267.